The summed E-state index contributed by atoms with van der Waals surface area (Å²) in [6.07, 6.45) is 1.19. The highest BCUT2D eigenvalue weighted by atomic mass is 15.1. The summed E-state index contributed by atoms with van der Waals surface area (Å²) in [6.45, 7) is 6.65. The van der Waals surface area contributed by atoms with E-state index in [9.17, 15) is 0 Å². The SMILES string of the molecule is CC[C](C)C(C)N(C)C. The largest absolute Gasteiger partial charge is 0.306 e. The van der Waals surface area contributed by atoms with Gasteiger partial charge in [0.15, 0.2) is 0 Å². The van der Waals surface area contributed by atoms with E-state index in [4.69, 9.17) is 0 Å². The molecule has 0 rings (SSSR count). The van der Waals surface area contributed by atoms with Crippen LogP contribution in [0.4, 0.5) is 0 Å². The molecule has 1 atom stereocenters. The molecule has 9 heavy (non-hydrogen) atoms. The van der Waals surface area contributed by atoms with Crippen molar-refractivity contribution in [2.45, 2.75) is 33.2 Å². The molecule has 1 radical (unpaired) electrons. The van der Waals surface area contributed by atoms with E-state index in [0.717, 1.165) is 0 Å². The van der Waals surface area contributed by atoms with Gasteiger partial charge in [-0.05, 0) is 33.4 Å². The van der Waals surface area contributed by atoms with Crippen molar-refractivity contribution < 1.29 is 0 Å². The Kier molecular flexibility index (Phi) is 3.87. The fourth-order valence-corrected chi connectivity index (χ4v) is 0.736. The van der Waals surface area contributed by atoms with E-state index in [1.807, 2.05) is 0 Å². The zero-order valence-corrected chi connectivity index (χ0v) is 7.23. The van der Waals surface area contributed by atoms with Gasteiger partial charge in [0.2, 0.25) is 0 Å². The molecule has 0 spiro atoms. The van der Waals surface area contributed by atoms with Gasteiger partial charge in [-0.3, -0.25) is 0 Å². The Hall–Kier alpha value is -0.0400. The van der Waals surface area contributed by atoms with Crippen LogP contribution in [-0.4, -0.2) is 25.0 Å². The minimum atomic E-state index is 0.634. The highest BCUT2D eigenvalue weighted by Gasteiger charge is 2.11. The van der Waals surface area contributed by atoms with Crippen molar-refractivity contribution in [3.05, 3.63) is 5.92 Å². The van der Waals surface area contributed by atoms with Crippen molar-refractivity contribution in [3.8, 4) is 0 Å². The molecule has 1 nitrogen and oxygen atoms in total. The summed E-state index contributed by atoms with van der Waals surface area (Å²) in [5.41, 5.74) is 0. The Morgan fingerprint density at radius 3 is 2.00 bits per heavy atom. The standard InChI is InChI=1S/C8H18N/c1-6-7(2)8(3)9(4)5/h8H,6H2,1-5H3. The lowest BCUT2D eigenvalue weighted by Crippen LogP contribution is -2.29. The predicted molar refractivity (Wildman–Crippen MR) is 42.4 cm³/mol. The summed E-state index contributed by atoms with van der Waals surface area (Å²) in [4.78, 5) is 2.23. The quantitative estimate of drug-likeness (QED) is 0.561. The van der Waals surface area contributed by atoms with E-state index < -0.39 is 0 Å². The zero-order valence-electron chi connectivity index (χ0n) is 7.23. The molecular weight excluding hydrogens is 110 g/mol. The first-order chi connectivity index (χ1) is 4.09. The number of nitrogens with zero attached hydrogens (tertiary/aromatic N) is 1. The molecule has 0 aromatic rings. The van der Waals surface area contributed by atoms with Crippen molar-refractivity contribution in [1.29, 1.82) is 0 Å². The fourth-order valence-electron chi connectivity index (χ4n) is 0.736. The second-order valence-electron chi connectivity index (χ2n) is 2.84. The van der Waals surface area contributed by atoms with Crippen LogP contribution < -0.4 is 0 Å². The van der Waals surface area contributed by atoms with Crippen LogP contribution in [0.3, 0.4) is 0 Å². The van der Waals surface area contributed by atoms with E-state index in [1.54, 1.807) is 5.92 Å². The Morgan fingerprint density at radius 2 is 1.89 bits per heavy atom. The fraction of sp³-hybridized carbons (Fsp3) is 0.875. The summed E-state index contributed by atoms with van der Waals surface area (Å²) in [6, 6.07) is 0.634. The smallest absolute Gasteiger partial charge is 0.0120 e. The summed E-state index contributed by atoms with van der Waals surface area (Å²) < 4.78 is 0. The molecule has 1 unspecified atom stereocenters. The molecule has 0 saturated carbocycles. The highest BCUT2D eigenvalue weighted by Crippen LogP contribution is 2.12. The van der Waals surface area contributed by atoms with Gasteiger partial charge in [0, 0.05) is 6.04 Å². The van der Waals surface area contributed by atoms with Gasteiger partial charge in [-0.1, -0.05) is 13.8 Å². The Bertz CT molecular complexity index is 69.0. The second kappa shape index (κ2) is 3.89. The first-order valence-corrected chi connectivity index (χ1v) is 3.58. The molecule has 1 heteroatoms. The topological polar surface area (TPSA) is 3.24 Å². The maximum Gasteiger partial charge on any atom is 0.0120 e. The van der Waals surface area contributed by atoms with Crippen LogP contribution in [-0.2, 0) is 0 Å². The molecular formula is C8H18N. The van der Waals surface area contributed by atoms with Crippen LogP contribution >= 0.6 is 0 Å². The van der Waals surface area contributed by atoms with E-state index in [2.05, 4.69) is 39.8 Å². The predicted octanol–water partition coefficient (Wildman–Crippen LogP) is 1.94. The molecule has 0 aliphatic carbocycles. The number of hydrogen-bond acceptors (Lipinski definition) is 1. The number of hydrogen-bond donors (Lipinski definition) is 0. The van der Waals surface area contributed by atoms with Gasteiger partial charge >= 0.3 is 0 Å². The summed E-state index contributed by atoms with van der Waals surface area (Å²) in [7, 11) is 4.23. The van der Waals surface area contributed by atoms with Gasteiger partial charge in [-0.25, -0.2) is 0 Å². The average molecular weight is 128 g/mol. The van der Waals surface area contributed by atoms with Gasteiger partial charge < -0.3 is 4.90 Å². The van der Waals surface area contributed by atoms with Crippen LogP contribution in [0.25, 0.3) is 0 Å². The molecule has 0 aromatic heterocycles. The lowest BCUT2D eigenvalue weighted by molar-refractivity contribution is 0.318. The third-order valence-corrected chi connectivity index (χ3v) is 2.05. The summed E-state index contributed by atoms with van der Waals surface area (Å²) >= 11 is 0. The van der Waals surface area contributed by atoms with Gasteiger partial charge in [0.05, 0.1) is 0 Å². The third-order valence-electron chi connectivity index (χ3n) is 2.05. The van der Waals surface area contributed by atoms with Crippen LogP contribution in [0, 0.1) is 5.92 Å². The van der Waals surface area contributed by atoms with Gasteiger partial charge in [0.1, 0.15) is 0 Å². The number of rotatable bonds is 3. The third kappa shape index (κ3) is 2.85. The van der Waals surface area contributed by atoms with Crippen molar-refractivity contribution in [3.63, 3.8) is 0 Å². The molecule has 0 aromatic carbocycles. The average Bonchev–Trinajstić information content (AvgIpc) is 1.84. The minimum absolute atomic E-state index is 0.634. The maximum absolute atomic E-state index is 2.23. The molecule has 55 valence electrons. The van der Waals surface area contributed by atoms with Gasteiger partial charge in [-0.2, -0.15) is 0 Å². The second-order valence-corrected chi connectivity index (χ2v) is 2.84. The molecule has 0 bridgehead atoms. The van der Waals surface area contributed by atoms with E-state index >= 15 is 0 Å². The first kappa shape index (κ1) is 8.96. The highest BCUT2D eigenvalue weighted by molar-refractivity contribution is 4.92. The molecule has 0 saturated heterocycles. The van der Waals surface area contributed by atoms with E-state index in [0.29, 0.717) is 6.04 Å². The van der Waals surface area contributed by atoms with Crippen molar-refractivity contribution in [2.24, 2.45) is 0 Å². The summed E-state index contributed by atoms with van der Waals surface area (Å²) in [5, 5.41) is 0. The zero-order chi connectivity index (χ0) is 7.44. The van der Waals surface area contributed by atoms with Crippen LogP contribution in [0.15, 0.2) is 0 Å². The van der Waals surface area contributed by atoms with Crippen LogP contribution in [0.1, 0.15) is 27.2 Å². The molecule has 0 aliphatic rings. The van der Waals surface area contributed by atoms with Crippen molar-refractivity contribution in [2.75, 3.05) is 14.1 Å². The molecule has 0 heterocycles. The van der Waals surface area contributed by atoms with Crippen molar-refractivity contribution in [1.82, 2.24) is 4.90 Å². The molecule has 0 amide bonds. The van der Waals surface area contributed by atoms with Gasteiger partial charge in [0.25, 0.3) is 0 Å². The Morgan fingerprint density at radius 1 is 1.44 bits per heavy atom. The van der Waals surface area contributed by atoms with E-state index in [1.165, 1.54) is 6.42 Å². The van der Waals surface area contributed by atoms with Crippen LogP contribution in [0.5, 0.6) is 0 Å². The van der Waals surface area contributed by atoms with Crippen LogP contribution in [0.2, 0.25) is 0 Å². The summed E-state index contributed by atoms with van der Waals surface area (Å²) in [5.74, 6) is 1.56. The minimum Gasteiger partial charge on any atom is -0.306 e. The molecule has 0 fully saturated rings. The van der Waals surface area contributed by atoms with E-state index in [-0.39, 0.29) is 0 Å². The van der Waals surface area contributed by atoms with Crippen molar-refractivity contribution >= 4 is 0 Å². The monoisotopic (exact) mass is 128 g/mol. The molecule has 0 aliphatic heterocycles. The Labute approximate surface area is 59.1 Å². The first-order valence-electron chi connectivity index (χ1n) is 3.58. The maximum atomic E-state index is 2.23. The van der Waals surface area contributed by atoms with Gasteiger partial charge in [-0.15, -0.1) is 0 Å². The lowest BCUT2D eigenvalue weighted by Gasteiger charge is -2.24. The lowest BCUT2D eigenvalue weighted by atomic mass is 10.0. The Balaban J connectivity index is 3.58. The molecule has 0 N–H and O–H groups in total. The normalized spacial score (nSPS) is 15.0.